The van der Waals surface area contributed by atoms with E-state index in [2.05, 4.69) is 11.8 Å². The Labute approximate surface area is 111 Å². The molecule has 0 atom stereocenters. The molecule has 2 aromatic rings. The zero-order chi connectivity index (χ0) is 13.9. The van der Waals surface area contributed by atoms with E-state index < -0.39 is 23.1 Å². The number of carbonyl (C=O) groups is 1. The molecule has 0 spiro atoms. The summed E-state index contributed by atoms with van der Waals surface area (Å²) >= 11 is 1.32. The Morgan fingerprint density at radius 1 is 1.11 bits per heavy atom. The smallest absolute Gasteiger partial charge is 0.279 e. The number of rotatable bonds is 1. The minimum atomic E-state index is -4.56. The Morgan fingerprint density at radius 2 is 1.84 bits per heavy atom. The molecule has 19 heavy (non-hydrogen) atoms. The maximum atomic E-state index is 12.7. The predicted octanol–water partition coefficient (Wildman–Crippen LogP) is 4.00. The molecule has 0 aliphatic rings. The van der Waals surface area contributed by atoms with E-state index in [9.17, 15) is 18.0 Å². The second-order valence-corrected chi connectivity index (χ2v) is 4.55. The first-order chi connectivity index (χ1) is 8.98. The largest absolute Gasteiger partial charge is 0.417 e. The number of carbonyl (C=O) groups excluding carboxylic acids is 1. The number of benzene rings is 1. The lowest BCUT2D eigenvalue weighted by Crippen LogP contribution is -2.11. The van der Waals surface area contributed by atoms with Crippen LogP contribution in [-0.2, 0) is 6.18 Å². The van der Waals surface area contributed by atoms with Gasteiger partial charge in [0, 0.05) is 5.56 Å². The molecule has 0 aliphatic carbocycles. The third kappa shape index (κ3) is 3.24. The van der Waals surface area contributed by atoms with E-state index in [0.29, 0.717) is 4.88 Å². The van der Waals surface area contributed by atoms with Crippen LogP contribution in [0.5, 0.6) is 0 Å². The summed E-state index contributed by atoms with van der Waals surface area (Å²) < 4.78 is 38.2. The molecule has 1 heterocycles. The highest BCUT2D eigenvalue weighted by atomic mass is 32.1. The van der Waals surface area contributed by atoms with Crippen molar-refractivity contribution in [3.63, 3.8) is 0 Å². The van der Waals surface area contributed by atoms with Gasteiger partial charge in [0.1, 0.15) is 0 Å². The highest BCUT2D eigenvalue weighted by Gasteiger charge is 2.34. The van der Waals surface area contributed by atoms with E-state index in [0.717, 1.165) is 12.1 Å². The minimum Gasteiger partial charge on any atom is -0.279 e. The van der Waals surface area contributed by atoms with Crippen molar-refractivity contribution in [2.24, 2.45) is 0 Å². The molecule has 0 bridgehead atoms. The summed E-state index contributed by atoms with van der Waals surface area (Å²) in [6, 6.07) is 8.08. The fourth-order valence-corrected chi connectivity index (χ4v) is 2.03. The summed E-state index contributed by atoms with van der Waals surface area (Å²) in [6.45, 7) is 0. The predicted molar refractivity (Wildman–Crippen MR) is 67.0 cm³/mol. The summed E-state index contributed by atoms with van der Waals surface area (Å²) in [5, 5.41) is 1.78. The molecule has 0 saturated heterocycles. The Kier molecular flexibility index (Phi) is 3.72. The van der Waals surface area contributed by atoms with Gasteiger partial charge in [0.25, 0.3) is 0 Å². The molecule has 2 rings (SSSR count). The van der Waals surface area contributed by atoms with Gasteiger partial charge in [-0.1, -0.05) is 18.2 Å². The average molecular weight is 280 g/mol. The second-order valence-electron chi connectivity index (χ2n) is 3.60. The average Bonchev–Trinajstić information content (AvgIpc) is 2.88. The van der Waals surface area contributed by atoms with Crippen molar-refractivity contribution in [2.45, 2.75) is 6.18 Å². The molecule has 0 unspecified atom stereocenters. The number of thiophene rings is 1. The highest BCUT2D eigenvalue weighted by molar-refractivity contribution is 7.10. The summed E-state index contributed by atoms with van der Waals surface area (Å²) in [5.41, 5.74) is -1.38. The first-order valence-electron chi connectivity index (χ1n) is 5.24. The van der Waals surface area contributed by atoms with Gasteiger partial charge in [0.05, 0.1) is 10.4 Å². The second kappa shape index (κ2) is 5.29. The summed E-state index contributed by atoms with van der Waals surface area (Å²) in [7, 11) is 0. The van der Waals surface area contributed by atoms with Gasteiger partial charge in [0.15, 0.2) is 0 Å². The van der Waals surface area contributed by atoms with Crippen LogP contribution in [0.2, 0.25) is 0 Å². The van der Waals surface area contributed by atoms with Crippen LogP contribution >= 0.6 is 11.3 Å². The van der Waals surface area contributed by atoms with E-state index in [1.807, 2.05) is 0 Å². The van der Waals surface area contributed by atoms with Crippen molar-refractivity contribution < 1.29 is 18.0 Å². The van der Waals surface area contributed by atoms with Gasteiger partial charge in [-0.2, -0.15) is 13.2 Å². The van der Waals surface area contributed by atoms with Crippen LogP contribution in [0.25, 0.3) is 0 Å². The molecule has 96 valence electrons. The number of ketones is 1. The Balaban J connectivity index is 2.35. The zero-order valence-electron chi connectivity index (χ0n) is 9.49. The lowest BCUT2D eigenvalue weighted by Gasteiger charge is -2.09. The van der Waals surface area contributed by atoms with E-state index in [1.165, 1.54) is 23.5 Å². The number of Topliss-reactive ketones (excluding diaryl/α,β-unsaturated/α-hetero) is 1. The Morgan fingerprint density at radius 3 is 2.47 bits per heavy atom. The summed E-state index contributed by atoms with van der Waals surface area (Å²) in [4.78, 5) is 12.4. The van der Waals surface area contributed by atoms with Crippen molar-refractivity contribution in [1.29, 1.82) is 0 Å². The molecular formula is C14H7F3OS. The van der Waals surface area contributed by atoms with E-state index in [1.54, 1.807) is 17.5 Å². The lowest BCUT2D eigenvalue weighted by atomic mass is 10.0. The van der Waals surface area contributed by atoms with Gasteiger partial charge in [0.2, 0.25) is 5.78 Å². The molecule has 1 nitrogen and oxygen atoms in total. The molecule has 1 aromatic carbocycles. The Bertz CT molecular complexity index is 645. The highest BCUT2D eigenvalue weighted by Crippen LogP contribution is 2.31. The maximum Gasteiger partial charge on any atom is 0.417 e. The quantitative estimate of drug-likeness (QED) is 0.570. The van der Waals surface area contributed by atoms with Gasteiger partial charge in [-0.25, -0.2) is 0 Å². The van der Waals surface area contributed by atoms with Gasteiger partial charge in [-0.3, -0.25) is 4.79 Å². The van der Waals surface area contributed by atoms with Gasteiger partial charge in [-0.05, 0) is 35.4 Å². The molecule has 0 N–H and O–H groups in total. The molecule has 0 saturated carbocycles. The number of halogens is 3. The van der Waals surface area contributed by atoms with Crippen molar-refractivity contribution in [3.05, 3.63) is 57.8 Å². The lowest BCUT2D eigenvalue weighted by molar-refractivity contribution is -0.137. The minimum absolute atomic E-state index is 0.418. The molecule has 0 fully saturated rings. The standard InChI is InChI=1S/C14H7F3OS/c15-14(16,17)12-6-2-1-5-11(12)13(18)8-7-10-4-3-9-19-10/h1-6,9H. The molecular weight excluding hydrogens is 273 g/mol. The molecule has 0 amide bonds. The van der Waals surface area contributed by atoms with Gasteiger partial charge >= 0.3 is 6.18 Å². The van der Waals surface area contributed by atoms with Crippen LogP contribution in [-0.4, -0.2) is 5.78 Å². The Hall–Kier alpha value is -2.06. The normalized spacial score (nSPS) is 10.7. The summed E-state index contributed by atoms with van der Waals surface area (Å²) in [6.07, 6.45) is -4.56. The van der Waals surface area contributed by atoms with Crippen LogP contribution < -0.4 is 0 Å². The summed E-state index contributed by atoms with van der Waals surface area (Å²) in [5.74, 6) is 3.96. The van der Waals surface area contributed by atoms with E-state index in [-0.39, 0.29) is 0 Å². The van der Waals surface area contributed by atoms with Crippen LogP contribution in [0, 0.1) is 11.8 Å². The van der Waals surface area contributed by atoms with Crippen molar-refractivity contribution in [2.75, 3.05) is 0 Å². The third-order valence-electron chi connectivity index (χ3n) is 2.30. The number of hydrogen-bond donors (Lipinski definition) is 0. The van der Waals surface area contributed by atoms with Crippen molar-refractivity contribution in [1.82, 2.24) is 0 Å². The van der Waals surface area contributed by atoms with Gasteiger partial charge in [-0.15, -0.1) is 11.3 Å². The van der Waals surface area contributed by atoms with Crippen LogP contribution in [0.4, 0.5) is 13.2 Å². The SMILES string of the molecule is O=C(C#Cc1cccs1)c1ccccc1C(F)(F)F. The maximum absolute atomic E-state index is 12.7. The van der Waals surface area contributed by atoms with Gasteiger partial charge < -0.3 is 0 Å². The van der Waals surface area contributed by atoms with Crippen molar-refractivity contribution >= 4 is 17.1 Å². The first kappa shape index (κ1) is 13.4. The molecule has 5 heteroatoms. The molecule has 1 aromatic heterocycles. The van der Waals surface area contributed by atoms with E-state index >= 15 is 0 Å². The van der Waals surface area contributed by atoms with Crippen molar-refractivity contribution in [3.8, 4) is 11.8 Å². The number of alkyl halides is 3. The van der Waals surface area contributed by atoms with Crippen LogP contribution in [0.3, 0.4) is 0 Å². The third-order valence-corrected chi connectivity index (χ3v) is 3.08. The topological polar surface area (TPSA) is 17.1 Å². The van der Waals surface area contributed by atoms with E-state index in [4.69, 9.17) is 0 Å². The fourth-order valence-electron chi connectivity index (χ4n) is 1.46. The zero-order valence-corrected chi connectivity index (χ0v) is 10.3. The fraction of sp³-hybridized carbons (Fsp3) is 0.0714. The van der Waals surface area contributed by atoms with Crippen LogP contribution in [0.1, 0.15) is 20.8 Å². The first-order valence-corrected chi connectivity index (χ1v) is 6.12. The van der Waals surface area contributed by atoms with Crippen LogP contribution in [0.15, 0.2) is 41.8 Å². The molecule has 0 radical (unpaired) electrons. The molecule has 0 aliphatic heterocycles. The number of hydrogen-bond acceptors (Lipinski definition) is 2. The monoisotopic (exact) mass is 280 g/mol.